The first-order chi connectivity index (χ1) is 13.8. The van der Waals surface area contributed by atoms with E-state index in [-0.39, 0.29) is 91.1 Å². The van der Waals surface area contributed by atoms with Crippen LogP contribution in [0.5, 0.6) is 0 Å². The molecule has 6 nitrogen and oxygen atoms in total. The van der Waals surface area contributed by atoms with Crippen LogP contribution in [0.1, 0.15) is 109 Å². The number of nitrogens with zero attached hydrogens (tertiary/aromatic N) is 2. The van der Waals surface area contributed by atoms with E-state index in [1.165, 1.54) is 25.7 Å². The number of hydrogen-bond donors (Lipinski definition) is 2. The summed E-state index contributed by atoms with van der Waals surface area (Å²) in [5.74, 6) is 0. The molecule has 196 valence electrons. The van der Waals surface area contributed by atoms with Gasteiger partial charge in [-0.1, -0.05) is 41.5 Å². The second kappa shape index (κ2) is 20.9. The van der Waals surface area contributed by atoms with Crippen molar-refractivity contribution in [1.82, 2.24) is 9.96 Å². The van der Waals surface area contributed by atoms with Crippen LogP contribution >= 0.6 is 0 Å². The normalized spacial score (nSPS) is 16.1. The number of halogens is 1. The van der Waals surface area contributed by atoms with Crippen molar-refractivity contribution in [1.29, 1.82) is 0 Å². The van der Waals surface area contributed by atoms with Crippen molar-refractivity contribution in [2.45, 2.75) is 131 Å². The van der Waals surface area contributed by atoms with Crippen molar-refractivity contribution in [3.8, 4) is 0 Å². The SMILES string of the molecule is C1CCOC1.C1CCOC1.CC(C)(C)[N-][Si]([N-]C(C)(C)C)(NC(C)(C)C)NC(C)(C)C.[Cl-].[Li+].[Li+].[Li+]. The molecule has 35 heavy (non-hydrogen) atoms. The van der Waals surface area contributed by atoms with Crippen LogP contribution in [0.4, 0.5) is 0 Å². The van der Waals surface area contributed by atoms with Gasteiger partial charge in [-0.05, 0) is 75.9 Å². The molecule has 11 heteroatoms. The summed E-state index contributed by atoms with van der Waals surface area (Å²) in [6, 6.07) is 0. The molecule has 0 aliphatic carbocycles. The molecular formula is C24H54ClLi3N4O2Si. The van der Waals surface area contributed by atoms with E-state index < -0.39 is 8.72 Å². The van der Waals surface area contributed by atoms with Gasteiger partial charge in [0.25, 0.3) is 0 Å². The van der Waals surface area contributed by atoms with Gasteiger partial charge in [0.2, 0.25) is 0 Å². The van der Waals surface area contributed by atoms with Crippen LogP contribution in [-0.2, 0) is 9.47 Å². The smallest absolute Gasteiger partial charge is 1.00 e. The second-order valence-electron chi connectivity index (χ2n) is 12.6. The summed E-state index contributed by atoms with van der Waals surface area (Å²) in [5.41, 5.74) is -0.378. The monoisotopic (exact) mass is 514 g/mol. The van der Waals surface area contributed by atoms with Crippen LogP contribution in [0.3, 0.4) is 0 Å². The average Bonchev–Trinajstić information content (AvgIpc) is 3.19. The molecule has 0 radical (unpaired) electrons. The molecule has 0 aromatic rings. The molecule has 0 atom stereocenters. The standard InChI is InChI=1S/C16H38N4Si.2C4H8O.ClH.3Li/c1-13(2,3)17-21(18-14(4,5)6,19-15(7,8)9)20-16(10,11)12;2*1-2-4-5-3-1;;;;/h17-18H,1-12H3;2*1-4H2;1H;;;/q-2;;;;3*+1/p-1. The van der Waals surface area contributed by atoms with Gasteiger partial charge in [0, 0.05) is 37.5 Å². The maximum absolute atomic E-state index is 5.15. The Morgan fingerprint density at radius 2 is 0.743 bits per heavy atom. The minimum atomic E-state index is -2.59. The van der Waals surface area contributed by atoms with E-state index in [2.05, 4.69) is 93.0 Å². The zero-order valence-corrected chi connectivity index (χ0v) is 28.0. The Bertz CT molecular complexity index is 392. The molecule has 0 bridgehead atoms. The minimum Gasteiger partial charge on any atom is -1.00 e. The van der Waals surface area contributed by atoms with Gasteiger partial charge in [-0.2, -0.15) is 0 Å². The summed E-state index contributed by atoms with van der Waals surface area (Å²) in [7, 11) is -2.59. The van der Waals surface area contributed by atoms with E-state index in [1.807, 2.05) is 0 Å². The van der Waals surface area contributed by atoms with Gasteiger partial charge in [0.1, 0.15) is 0 Å². The van der Waals surface area contributed by atoms with Crippen LogP contribution in [0, 0.1) is 0 Å². The van der Waals surface area contributed by atoms with Crippen LogP contribution in [-0.4, -0.2) is 57.3 Å². The van der Waals surface area contributed by atoms with E-state index >= 15 is 0 Å². The summed E-state index contributed by atoms with van der Waals surface area (Å²) in [4.78, 5) is 17.8. The quantitative estimate of drug-likeness (QED) is 0.367. The van der Waals surface area contributed by atoms with Gasteiger partial charge in [-0.15, -0.1) is 11.1 Å². The van der Waals surface area contributed by atoms with Crippen molar-refractivity contribution >= 4 is 8.72 Å². The Balaban J connectivity index is -0.000000176. The van der Waals surface area contributed by atoms with Crippen molar-refractivity contribution < 1.29 is 78.5 Å². The van der Waals surface area contributed by atoms with Crippen LogP contribution in [0.25, 0.3) is 9.96 Å². The molecule has 0 aromatic carbocycles. The molecule has 2 rings (SSSR count). The first-order valence-electron chi connectivity index (χ1n) is 12.0. The summed E-state index contributed by atoms with van der Waals surface area (Å²) in [5, 5.41) is 0. The molecule has 2 N–H and O–H groups in total. The molecule has 0 spiro atoms. The number of ether oxygens (including phenoxy) is 2. The average molecular weight is 515 g/mol. The first-order valence-corrected chi connectivity index (χ1v) is 13.9. The first kappa shape index (κ1) is 46.9. The maximum atomic E-state index is 5.15. The third-order valence-corrected chi connectivity index (χ3v) is 7.93. The van der Waals surface area contributed by atoms with E-state index in [4.69, 9.17) is 19.4 Å². The molecule has 2 aliphatic heterocycles. The predicted octanol–water partition coefficient (Wildman–Crippen LogP) is -5.85. The van der Waals surface area contributed by atoms with Crippen LogP contribution < -0.4 is 79.0 Å². The van der Waals surface area contributed by atoms with Crippen LogP contribution in [0.2, 0.25) is 0 Å². The van der Waals surface area contributed by atoms with Crippen molar-refractivity contribution in [2.75, 3.05) is 26.4 Å². The van der Waals surface area contributed by atoms with Gasteiger partial charge in [0.05, 0.1) is 0 Å². The minimum absolute atomic E-state index is 0. The van der Waals surface area contributed by atoms with Gasteiger partial charge < -0.3 is 41.8 Å². The summed E-state index contributed by atoms with van der Waals surface area (Å²) >= 11 is 0. The Hall–Kier alpha value is 2.06. The summed E-state index contributed by atoms with van der Waals surface area (Å²) < 4.78 is 9.89. The summed E-state index contributed by atoms with van der Waals surface area (Å²) in [6.07, 6.45) is 5.11. The van der Waals surface area contributed by atoms with Crippen molar-refractivity contribution in [3.05, 3.63) is 9.96 Å². The topological polar surface area (TPSA) is 70.7 Å². The fourth-order valence-corrected chi connectivity index (χ4v) is 7.57. The Labute approximate surface area is 262 Å². The van der Waals surface area contributed by atoms with E-state index in [0.717, 1.165) is 26.4 Å². The van der Waals surface area contributed by atoms with Crippen molar-refractivity contribution in [3.63, 3.8) is 0 Å². The van der Waals surface area contributed by atoms with Gasteiger partial charge in [0.15, 0.2) is 0 Å². The molecular weight excluding hydrogens is 461 g/mol. The van der Waals surface area contributed by atoms with E-state index in [9.17, 15) is 0 Å². The third-order valence-electron chi connectivity index (χ3n) is 3.75. The number of nitrogens with one attached hydrogen (secondary N) is 2. The van der Waals surface area contributed by atoms with E-state index in [1.54, 1.807) is 0 Å². The fourth-order valence-electron chi connectivity index (χ4n) is 3.21. The molecule has 2 fully saturated rings. The van der Waals surface area contributed by atoms with Gasteiger partial charge in [-0.25, -0.2) is 0 Å². The molecule has 0 unspecified atom stereocenters. The molecule has 2 heterocycles. The zero-order chi connectivity index (χ0) is 24.4. The fraction of sp³-hybridized carbons (Fsp3) is 1.00. The second-order valence-corrected chi connectivity index (χ2v) is 14.9. The molecule has 0 aromatic heterocycles. The van der Waals surface area contributed by atoms with Gasteiger partial charge >= 0.3 is 56.6 Å². The van der Waals surface area contributed by atoms with Crippen molar-refractivity contribution in [2.24, 2.45) is 0 Å². The van der Waals surface area contributed by atoms with Crippen LogP contribution in [0.15, 0.2) is 0 Å². The third kappa shape index (κ3) is 32.2. The van der Waals surface area contributed by atoms with E-state index in [0.29, 0.717) is 0 Å². The zero-order valence-electron chi connectivity index (χ0n) is 26.2. The summed E-state index contributed by atoms with van der Waals surface area (Å²) in [6.45, 7) is 29.9. The predicted molar refractivity (Wildman–Crippen MR) is 138 cm³/mol. The molecule has 0 amide bonds. The molecule has 2 saturated heterocycles. The largest absolute Gasteiger partial charge is 1.00 e. The Morgan fingerprint density at radius 1 is 0.514 bits per heavy atom. The number of hydrogen-bond acceptors (Lipinski definition) is 4. The molecule has 0 saturated carbocycles. The van der Waals surface area contributed by atoms with Gasteiger partial charge in [-0.3, -0.25) is 0 Å². The Morgan fingerprint density at radius 3 is 0.857 bits per heavy atom. The molecule has 2 aliphatic rings. The Kier molecular flexibility index (Phi) is 28.0. The number of rotatable bonds is 4. The maximum Gasteiger partial charge on any atom is 1.00 e.